The van der Waals surface area contributed by atoms with Crippen molar-refractivity contribution in [3.05, 3.63) is 11.6 Å². The molecule has 1 nitrogen and oxygen atoms in total. The molecule has 1 fully saturated rings. The minimum atomic E-state index is 0.516. The first-order valence-electron chi connectivity index (χ1n) is 7.10. The van der Waals surface area contributed by atoms with Crippen molar-refractivity contribution >= 4 is 0 Å². The van der Waals surface area contributed by atoms with Crippen LogP contribution in [0.25, 0.3) is 0 Å². The second kappa shape index (κ2) is 5.35. The summed E-state index contributed by atoms with van der Waals surface area (Å²) in [5, 5.41) is 3.80. The van der Waals surface area contributed by atoms with Gasteiger partial charge in [-0.1, -0.05) is 38.3 Å². The molecule has 1 unspecified atom stereocenters. The lowest BCUT2D eigenvalue weighted by atomic mass is 9.73. The predicted molar refractivity (Wildman–Crippen MR) is 70.6 cm³/mol. The minimum absolute atomic E-state index is 0.516. The van der Waals surface area contributed by atoms with Crippen LogP contribution in [0.3, 0.4) is 0 Å². The first-order valence-corrected chi connectivity index (χ1v) is 7.10. The third-order valence-electron chi connectivity index (χ3n) is 4.48. The molecule has 2 rings (SSSR count). The van der Waals surface area contributed by atoms with E-state index in [0.29, 0.717) is 5.41 Å². The lowest BCUT2D eigenvalue weighted by Gasteiger charge is -2.39. The van der Waals surface area contributed by atoms with Crippen LogP contribution in [0.1, 0.15) is 65.2 Å². The maximum Gasteiger partial charge on any atom is 0.0118 e. The topological polar surface area (TPSA) is 12.0 Å². The van der Waals surface area contributed by atoms with Crippen LogP contribution in [-0.4, -0.2) is 12.6 Å². The van der Waals surface area contributed by atoms with Gasteiger partial charge in [0.05, 0.1) is 0 Å². The Bertz CT molecular complexity index is 252. The molecule has 2 aliphatic rings. The molecule has 0 aromatic heterocycles. The van der Waals surface area contributed by atoms with Gasteiger partial charge < -0.3 is 5.32 Å². The van der Waals surface area contributed by atoms with Crippen molar-refractivity contribution in [2.24, 2.45) is 5.41 Å². The van der Waals surface area contributed by atoms with Gasteiger partial charge in [0.25, 0.3) is 0 Å². The molecule has 2 aliphatic carbocycles. The first-order chi connectivity index (χ1) is 7.68. The van der Waals surface area contributed by atoms with Crippen LogP contribution in [0.4, 0.5) is 0 Å². The lowest BCUT2D eigenvalue weighted by Crippen LogP contribution is -2.44. The van der Waals surface area contributed by atoms with E-state index in [4.69, 9.17) is 0 Å². The van der Waals surface area contributed by atoms with Crippen molar-refractivity contribution in [1.29, 1.82) is 0 Å². The van der Waals surface area contributed by atoms with E-state index >= 15 is 0 Å². The maximum absolute atomic E-state index is 3.80. The van der Waals surface area contributed by atoms with Crippen molar-refractivity contribution in [2.75, 3.05) is 6.54 Å². The summed E-state index contributed by atoms with van der Waals surface area (Å²) in [7, 11) is 0. The van der Waals surface area contributed by atoms with Crippen LogP contribution in [-0.2, 0) is 0 Å². The standard InChI is InChI=1S/C15H27N/c1-15(2)11-6-5-9-14(15)16-12-10-13-7-3-4-8-13/h7,14,16H,3-6,8-12H2,1-2H3. The number of hydrogen-bond donors (Lipinski definition) is 1. The Morgan fingerprint density at radius 3 is 2.88 bits per heavy atom. The quantitative estimate of drug-likeness (QED) is 0.706. The van der Waals surface area contributed by atoms with Gasteiger partial charge in [0.1, 0.15) is 0 Å². The predicted octanol–water partition coefficient (Wildman–Crippen LogP) is 4.05. The average molecular weight is 221 g/mol. The highest BCUT2D eigenvalue weighted by Gasteiger charge is 2.31. The van der Waals surface area contributed by atoms with Gasteiger partial charge >= 0.3 is 0 Å². The Labute approximate surface area is 101 Å². The molecule has 0 aliphatic heterocycles. The smallest absolute Gasteiger partial charge is 0.0118 e. The third kappa shape index (κ3) is 3.10. The van der Waals surface area contributed by atoms with Crippen LogP contribution in [0, 0.1) is 5.41 Å². The molecule has 0 saturated heterocycles. The van der Waals surface area contributed by atoms with Gasteiger partial charge in [-0.15, -0.1) is 0 Å². The van der Waals surface area contributed by atoms with E-state index in [9.17, 15) is 0 Å². The minimum Gasteiger partial charge on any atom is -0.313 e. The second-order valence-corrected chi connectivity index (χ2v) is 6.25. The maximum atomic E-state index is 3.80. The van der Waals surface area contributed by atoms with Crippen LogP contribution < -0.4 is 5.32 Å². The van der Waals surface area contributed by atoms with Crippen LogP contribution in [0.2, 0.25) is 0 Å². The van der Waals surface area contributed by atoms with E-state index in [1.807, 2.05) is 0 Å². The summed E-state index contributed by atoms with van der Waals surface area (Å²) in [6, 6.07) is 0.753. The molecule has 1 atom stereocenters. The van der Waals surface area contributed by atoms with Gasteiger partial charge in [0.15, 0.2) is 0 Å². The van der Waals surface area contributed by atoms with Crippen LogP contribution in [0.5, 0.6) is 0 Å². The highest BCUT2D eigenvalue weighted by atomic mass is 14.9. The fraction of sp³-hybridized carbons (Fsp3) is 0.867. The molecule has 0 aromatic rings. The molecule has 0 radical (unpaired) electrons. The molecule has 1 N–H and O–H groups in total. The average Bonchev–Trinajstić information content (AvgIpc) is 2.73. The Morgan fingerprint density at radius 2 is 2.19 bits per heavy atom. The van der Waals surface area contributed by atoms with Crippen molar-refractivity contribution in [3.8, 4) is 0 Å². The molecular formula is C15H27N. The SMILES string of the molecule is CC1(C)CCCCC1NCCC1=CCCC1. The molecule has 92 valence electrons. The summed E-state index contributed by atoms with van der Waals surface area (Å²) in [5.74, 6) is 0. The summed E-state index contributed by atoms with van der Waals surface area (Å²) >= 11 is 0. The Morgan fingerprint density at radius 1 is 1.31 bits per heavy atom. The Balaban J connectivity index is 1.71. The number of hydrogen-bond acceptors (Lipinski definition) is 1. The molecule has 1 saturated carbocycles. The van der Waals surface area contributed by atoms with Gasteiger partial charge in [-0.2, -0.15) is 0 Å². The van der Waals surface area contributed by atoms with E-state index in [-0.39, 0.29) is 0 Å². The lowest BCUT2D eigenvalue weighted by molar-refractivity contribution is 0.169. The zero-order valence-corrected chi connectivity index (χ0v) is 11.0. The van der Waals surface area contributed by atoms with Crippen LogP contribution in [0.15, 0.2) is 11.6 Å². The van der Waals surface area contributed by atoms with Crippen molar-refractivity contribution < 1.29 is 0 Å². The van der Waals surface area contributed by atoms with Crippen LogP contribution >= 0.6 is 0 Å². The largest absolute Gasteiger partial charge is 0.313 e. The molecular weight excluding hydrogens is 194 g/mol. The summed E-state index contributed by atoms with van der Waals surface area (Å²) < 4.78 is 0. The summed E-state index contributed by atoms with van der Waals surface area (Å²) in [4.78, 5) is 0. The molecule has 0 spiro atoms. The van der Waals surface area contributed by atoms with Gasteiger partial charge in [-0.05, 0) is 50.5 Å². The zero-order chi connectivity index (χ0) is 11.4. The van der Waals surface area contributed by atoms with Gasteiger partial charge in [-0.3, -0.25) is 0 Å². The van der Waals surface area contributed by atoms with E-state index in [0.717, 1.165) is 6.04 Å². The highest BCUT2D eigenvalue weighted by molar-refractivity contribution is 5.07. The summed E-state index contributed by atoms with van der Waals surface area (Å²) in [5.41, 5.74) is 2.21. The molecule has 0 amide bonds. The number of nitrogens with one attached hydrogen (secondary N) is 1. The number of allylic oxidation sites excluding steroid dienone is 1. The first kappa shape index (κ1) is 12.2. The fourth-order valence-corrected chi connectivity index (χ4v) is 3.24. The van der Waals surface area contributed by atoms with Crippen molar-refractivity contribution in [1.82, 2.24) is 5.32 Å². The summed E-state index contributed by atoms with van der Waals surface area (Å²) in [6.07, 6.45) is 13.4. The Hall–Kier alpha value is -0.300. The van der Waals surface area contributed by atoms with Crippen molar-refractivity contribution in [2.45, 2.75) is 71.3 Å². The molecule has 0 bridgehead atoms. The van der Waals surface area contributed by atoms with E-state index in [1.54, 1.807) is 5.57 Å². The molecule has 16 heavy (non-hydrogen) atoms. The Kier molecular flexibility index (Phi) is 4.07. The van der Waals surface area contributed by atoms with Gasteiger partial charge in [-0.25, -0.2) is 0 Å². The van der Waals surface area contributed by atoms with Gasteiger partial charge in [0.2, 0.25) is 0 Å². The highest BCUT2D eigenvalue weighted by Crippen LogP contribution is 2.35. The number of rotatable bonds is 4. The molecule has 0 heterocycles. The fourth-order valence-electron chi connectivity index (χ4n) is 3.24. The van der Waals surface area contributed by atoms with E-state index in [1.165, 1.54) is 57.9 Å². The normalized spacial score (nSPS) is 29.1. The zero-order valence-electron chi connectivity index (χ0n) is 11.0. The third-order valence-corrected chi connectivity index (χ3v) is 4.48. The monoisotopic (exact) mass is 221 g/mol. The molecule has 1 heteroatoms. The van der Waals surface area contributed by atoms with Gasteiger partial charge in [0, 0.05) is 6.04 Å². The summed E-state index contributed by atoms with van der Waals surface area (Å²) in [6.45, 7) is 6.05. The second-order valence-electron chi connectivity index (χ2n) is 6.25. The molecule has 0 aromatic carbocycles. The van der Waals surface area contributed by atoms with Crippen molar-refractivity contribution in [3.63, 3.8) is 0 Å². The van der Waals surface area contributed by atoms with E-state index in [2.05, 4.69) is 25.2 Å². The van der Waals surface area contributed by atoms with E-state index < -0.39 is 0 Å².